The van der Waals surface area contributed by atoms with E-state index in [-0.39, 0.29) is 56.7 Å². The highest BCUT2D eigenvalue weighted by Gasteiger charge is 2.35. The minimum Gasteiger partial charge on any atom is -0.436 e. The van der Waals surface area contributed by atoms with Crippen LogP contribution in [0.25, 0.3) is 33.0 Å². The third-order valence-corrected chi connectivity index (χ3v) is 7.15. The number of anilines is 2. The lowest BCUT2D eigenvalue weighted by molar-refractivity contribution is -0.138. The minimum atomic E-state index is -4.64. The summed E-state index contributed by atoms with van der Waals surface area (Å²) in [6.45, 7) is 0. The molecule has 4 aromatic rings. The zero-order chi connectivity index (χ0) is 33.0. The van der Waals surface area contributed by atoms with Gasteiger partial charge in [-0.1, -0.05) is 24.3 Å². The van der Waals surface area contributed by atoms with E-state index in [4.69, 9.17) is 9.47 Å². The van der Waals surface area contributed by atoms with Crippen molar-refractivity contribution in [1.29, 1.82) is 21.0 Å². The number of alkyl halides is 6. The van der Waals surface area contributed by atoms with Crippen molar-refractivity contribution in [2.75, 3.05) is 10.6 Å². The Labute approximate surface area is 254 Å². The van der Waals surface area contributed by atoms with Crippen molar-refractivity contribution in [2.45, 2.75) is 12.4 Å². The molecule has 46 heavy (non-hydrogen) atoms. The number of hydrogen-bond donors (Lipinski definition) is 2. The number of halogens is 6. The molecule has 0 fully saturated rings. The summed E-state index contributed by atoms with van der Waals surface area (Å²) in [7, 11) is 0. The number of nitrogens with zero attached hydrogens (tertiary/aromatic N) is 4. The maximum Gasteiger partial charge on any atom is 0.416 e. The summed E-state index contributed by atoms with van der Waals surface area (Å²) in [6, 6.07) is 18.2. The van der Waals surface area contributed by atoms with Gasteiger partial charge in [0, 0.05) is 16.5 Å². The van der Waals surface area contributed by atoms with Crippen LogP contribution >= 0.6 is 0 Å². The molecule has 0 unspecified atom stereocenters. The van der Waals surface area contributed by atoms with Crippen LogP contribution in [0.1, 0.15) is 11.1 Å². The Bertz CT molecular complexity index is 2180. The van der Waals surface area contributed by atoms with E-state index in [1.165, 1.54) is 30.3 Å². The Balaban J connectivity index is 1.69. The van der Waals surface area contributed by atoms with Gasteiger partial charge in [0.1, 0.15) is 24.3 Å². The summed E-state index contributed by atoms with van der Waals surface area (Å²) >= 11 is 0. The molecule has 8 nitrogen and oxygen atoms in total. The lowest BCUT2D eigenvalue weighted by atomic mass is 9.91. The first kappa shape index (κ1) is 29.4. The zero-order valence-electron chi connectivity index (χ0n) is 22.6. The van der Waals surface area contributed by atoms with Gasteiger partial charge in [-0.3, -0.25) is 0 Å². The van der Waals surface area contributed by atoms with Gasteiger partial charge >= 0.3 is 12.4 Å². The van der Waals surface area contributed by atoms with Gasteiger partial charge in [-0.2, -0.15) is 47.4 Å². The second-order valence-corrected chi connectivity index (χ2v) is 9.81. The van der Waals surface area contributed by atoms with Crippen LogP contribution in [0.3, 0.4) is 0 Å². The fourth-order valence-corrected chi connectivity index (χ4v) is 5.08. The molecule has 2 heterocycles. The number of nitrogens with one attached hydrogen (secondary N) is 2. The average Bonchev–Trinajstić information content (AvgIpc) is 3.65. The van der Waals surface area contributed by atoms with Gasteiger partial charge in [-0.15, -0.1) is 0 Å². The van der Waals surface area contributed by atoms with Crippen LogP contribution in [0.15, 0.2) is 83.6 Å². The molecule has 0 amide bonds. The number of hydrogen-bond acceptors (Lipinski definition) is 8. The van der Waals surface area contributed by atoms with Gasteiger partial charge in [-0.05, 0) is 52.9 Å². The van der Waals surface area contributed by atoms with Crippen LogP contribution in [0.2, 0.25) is 0 Å². The predicted octanol–water partition coefficient (Wildman–Crippen LogP) is 8.34. The second-order valence-electron chi connectivity index (χ2n) is 9.81. The molecule has 6 rings (SSSR count). The van der Waals surface area contributed by atoms with E-state index >= 15 is 0 Å². The standard InChI is InChI=1S/C32H12F6N6O2/c33-31(34,35)20-5-1-15(2-6-20)22-9-17-10-23-27(45-29(43-23)18(11-39)12-40)24(16-3-7-21(8-4-16)32(36,37)38)25(17)28-26(22)44-30(46-28)19(13-41)14-42/h1-10,43-44H. The number of rotatable bonds is 2. The fraction of sp³-hybridized carbons (Fsp3) is 0.0625. The lowest BCUT2D eigenvalue weighted by Gasteiger charge is -2.17. The molecule has 2 N–H and O–H groups in total. The molecular weight excluding hydrogens is 614 g/mol. The molecule has 0 spiro atoms. The van der Waals surface area contributed by atoms with Gasteiger partial charge < -0.3 is 20.1 Å². The monoisotopic (exact) mass is 626 g/mol. The normalized spacial score (nSPS) is 13.1. The maximum absolute atomic E-state index is 13.4. The molecule has 2 aliphatic heterocycles. The van der Waals surface area contributed by atoms with Crippen LogP contribution in [-0.4, -0.2) is 0 Å². The number of allylic oxidation sites excluding steroid dienone is 2. The molecule has 0 aromatic heterocycles. The summed E-state index contributed by atoms with van der Waals surface area (Å²) in [6.07, 6.45) is -9.24. The van der Waals surface area contributed by atoms with E-state index in [2.05, 4.69) is 10.6 Å². The molecule has 0 radical (unpaired) electrons. The largest absolute Gasteiger partial charge is 0.436 e. The average molecular weight is 626 g/mol. The molecule has 14 heteroatoms. The Hall–Kier alpha value is -6.64. The molecule has 224 valence electrons. The third-order valence-electron chi connectivity index (χ3n) is 7.15. The zero-order valence-corrected chi connectivity index (χ0v) is 22.6. The summed E-state index contributed by atoms with van der Waals surface area (Å²) < 4.78 is 92.1. The van der Waals surface area contributed by atoms with Crippen LogP contribution in [-0.2, 0) is 12.4 Å². The van der Waals surface area contributed by atoms with E-state index in [1.807, 2.05) is 0 Å². The SMILES string of the molecule is N#CC(C#N)=C1Nc2cc3cc(-c4ccc(C(F)(F)F)cc4)c4c(c3c(-c3ccc(C(F)(F)F)cc3)c2O1)OC(=C(C#N)C#N)N4. The minimum absolute atomic E-state index is 0.00934. The first-order valence-corrected chi connectivity index (χ1v) is 12.9. The van der Waals surface area contributed by atoms with Crippen molar-refractivity contribution >= 4 is 22.1 Å². The van der Waals surface area contributed by atoms with Crippen LogP contribution in [0.5, 0.6) is 11.5 Å². The lowest BCUT2D eigenvalue weighted by Crippen LogP contribution is -2.04. The van der Waals surface area contributed by atoms with Crippen molar-refractivity contribution in [1.82, 2.24) is 0 Å². The predicted molar refractivity (Wildman–Crippen MR) is 150 cm³/mol. The quantitative estimate of drug-likeness (QED) is 0.167. The first-order valence-electron chi connectivity index (χ1n) is 12.9. The molecule has 0 aliphatic carbocycles. The molecule has 0 saturated heterocycles. The van der Waals surface area contributed by atoms with Crippen molar-refractivity contribution in [3.8, 4) is 58.0 Å². The molecule has 0 saturated carbocycles. The maximum atomic E-state index is 13.4. The van der Waals surface area contributed by atoms with Crippen LogP contribution < -0.4 is 20.1 Å². The summed E-state index contributed by atoms with van der Waals surface area (Å²) in [5.41, 5.74) is -1.42. The fourth-order valence-electron chi connectivity index (χ4n) is 5.08. The van der Waals surface area contributed by atoms with Crippen molar-refractivity contribution in [3.63, 3.8) is 0 Å². The molecule has 4 aromatic carbocycles. The summed E-state index contributed by atoms with van der Waals surface area (Å²) in [5, 5.41) is 44.1. The van der Waals surface area contributed by atoms with E-state index < -0.39 is 34.6 Å². The molecule has 0 bridgehead atoms. The van der Waals surface area contributed by atoms with Crippen LogP contribution in [0.4, 0.5) is 37.7 Å². The first-order chi connectivity index (χ1) is 21.9. The molecule has 2 aliphatic rings. The molecule has 0 atom stereocenters. The van der Waals surface area contributed by atoms with E-state index in [1.54, 1.807) is 30.3 Å². The van der Waals surface area contributed by atoms with E-state index in [0.717, 1.165) is 24.3 Å². The van der Waals surface area contributed by atoms with Gasteiger partial charge in [0.2, 0.25) is 11.8 Å². The third kappa shape index (κ3) is 4.81. The highest BCUT2D eigenvalue weighted by molar-refractivity contribution is 6.13. The number of benzene rings is 4. The van der Waals surface area contributed by atoms with Crippen LogP contribution in [0, 0.1) is 45.3 Å². The number of ether oxygens (including phenoxy) is 2. The smallest absolute Gasteiger partial charge is 0.416 e. The Morgan fingerprint density at radius 2 is 1.09 bits per heavy atom. The Morgan fingerprint density at radius 3 is 1.59 bits per heavy atom. The number of fused-ring (bicyclic) bond motifs is 4. The summed E-state index contributed by atoms with van der Waals surface area (Å²) in [4.78, 5) is 0. The Kier molecular flexibility index (Phi) is 6.73. The topological polar surface area (TPSA) is 138 Å². The highest BCUT2D eigenvalue weighted by atomic mass is 19.4. The highest BCUT2D eigenvalue weighted by Crippen LogP contribution is 2.55. The summed E-state index contributed by atoms with van der Waals surface area (Å²) in [5.74, 6) is -0.504. The molecular formula is C32H12F6N6O2. The van der Waals surface area contributed by atoms with Gasteiger partial charge in [-0.25, -0.2) is 0 Å². The van der Waals surface area contributed by atoms with Crippen molar-refractivity contribution < 1.29 is 35.8 Å². The second kappa shape index (κ2) is 10.5. The van der Waals surface area contributed by atoms with Crippen molar-refractivity contribution in [3.05, 3.63) is 94.7 Å². The van der Waals surface area contributed by atoms with Gasteiger partial charge in [0.05, 0.1) is 22.5 Å². The Morgan fingerprint density at radius 1 is 0.609 bits per heavy atom. The van der Waals surface area contributed by atoms with E-state index in [0.29, 0.717) is 10.9 Å². The van der Waals surface area contributed by atoms with Gasteiger partial charge in [0.25, 0.3) is 0 Å². The van der Waals surface area contributed by atoms with E-state index in [9.17, 15) is 47.4 Å². The van der Waals surface area contributed by atoms with Crippen molar-refractivity contribution in [2.24, 2.45) is 0 Å². The van der Waals surface area contributed by atoms with Gasteiger partial charge in [0.15, 0.2) is 22.6 Å². The number of nitriles is 4.